The van der Waals surface area contributed by atoms with Crippen molar-refractivity contribution >= 4 is 28.6 Å². The van der Waals surface area contributed by atoms with Crippen LogP contribution in [0.3, 0.4) is 0 Å². The summed E-state index contributed by atoms with van der Waals surface area (Å²) in [5, 5.41) is 16.6. The van der Waals surface area contributed by atoms with E-state index in [-0.39, 0.29) is 5.54 Å². The van der Waals surface area contributed by atoms with Gasteiger partial charge in [-0.3, -0.25) is 0 Å². The number of ether oxygens (including phenoxy) is 2. The van der Waals surface area contributed by atoms with Gasteiger partial charge in [0.05, 0.1) is 19.9 Å². The minimum Gasteiger partial charge on any atom is -0.493 e. The Labute approximate surface area is 171 Å². The molecule has 0 aliphatic carbocycles. The largest absolute Gasteiger partial charge is 0.493 e. The molecule has 1 aliphatic rings. The third-order valence-electron chi connectivity index (χ3n) is 4.60. The van der Waals surface area contributed by atoms with Crippen molar-refractivity contribution in [2.75, 3.05) is 19.5 Å². The van der Waals surface area contributed by atoms with E-state index in [9.17, 15) is 5.26 Å². The average molecular weight is 394 g/mol. The highest BCUT2D eigenvalue weighted by Crippen LogP contribution is 2.39. The van der Waals surface area contributed by atoms with Gasteiger partial charge in [-0.2, -0.15) is 5.26 Å². The molecule has 28 heavy (non-hydrogen) atoms. The highest BCUT2D eigenvalue weighted by molar-refractivity contribution is 7.81. The van der Waals surface area contributed by atoms with E-state index in [0.717, 1.165) is 23.2 Å². The predicted octanol–water partition coefficient (Wildman–Crippen LogP) is 4.30. The Kier molecular flexibility index (Phi) is 5.57. The van der Waals surface area contributed by atoms with Crippen molar-refractivity contribution in [3.8, 4) is 17.6 Å². The second kappa shape index (κ2) is 7.91. The van der Waals surface area contributed by atoms with Gasteiger partial charge >= 0.3 is 0 Å². The second-order valence-electron chi connectivity index (χ2n) is 7.23. The Morgan fingerprint density at radius 2 is 1.79 bits per heavy atom. The number of rotatable bonds is 4. The summed E-state index contributed by atoms with van der Waals surface area (Å²) in [6.45, 7) is 4.19. The third-order valence-corrected chi connectivity index (χ3v) is 4.90. The molecule has 0 atom stereocenters. The molecule has 2 N–H and O–H groups in total. The molecule has 0 bridgehead atoms. The van der Waals surface area contributed by atoms with Gasteiger partial charge in [0.15, 0.2) is 11.5 Å². The van der Waals surface area contributed by atoms with Crippen LogP contribution in [0.2, 0.25) is 0 Å². The Morgan fingerprint density at radius 1 is 1.14 bits per heavy atom. The summed E-state index contributed by atoms with van der Waals surface area (Å²) in [5.74, 6) is 1.28. The first-order valence-electron chi connectivity index (χ1n) is 8.92. The number of hydrogen-bond donors (Lipinski definition) is 2. The Morgan fingerprint density at radius 3 is 2.39 bits per heavy atom. The van der Waals surface area contributed by atoms with Crippen LogP contribution in [-0.4, -0.2) is 24.7 Å². The summed E-state index contributed by atoms with van der Waals surface area (Å²) in [6.07, 6.45) is 0.782. The van der Waals surface area contributed by atoms with Gasteiger partial charge in [-0.15, -0.1) is 0 Å². The minimum absolute atomic E-state index is 0.244. The fourth-order valence-corrected chi connectivity index (χ4v) is 3.62. The van der Waals surface area contributed by atoms with Crippen molar-refractivity contribution in [1.29, 1.82) is 5.26 Å². The van der Waals surface area contributed by atoms with Crippen LogP contribution in [0.15, 0.2) is 48.0 Å². The fourth-order valence-electron chi connectivity index (χ4n) is 3.36. The molecule has 6 heteroatoms. The molecule has 144 valence electrons. The second-order valence-corrected chi connectivity index (χ2v) is 7.64. The lowest BCUT2D eigenvalue weighted by Gasteiger charge is -2.36. The van der Waals surface area contributed by atoms with Gasteiger partial charge in [-0.05, 0) is 50.1 Å². The zero-order chi connectivity index (χ0) is 20.3. The number of para-hydroxylation sites is 1. The molecule has 2 aromatic rings. The number of hydrogen-bond acceptors (Lipinski definition) is 5. The Bertz CT molecular complexity index is 975. The quantitative estimate of drug-likeness (QED) is 0.459. The van der Waals surface area contributed by atoms with E-state index >= 15 is 0 Å². The van der Waals surface area contributed by atoms with Crippen LogP contribution >= 0.6 is 12.2 Å². The molecule has 3 rings (SSSR count). The monoisotopic (exact) mass is 393 g/mol. The van der Waals surface area contributed by atoms with E-state index in [0.29, 0.717) is 27.8 Å². The van der Waals surface area contributed by atoms with Crippen molar-refractivity contribution in [2.24, 2.45) is 0 Å². The van der Waals surface area contributed by atoms with Crippen LogP contribution in [-0.2, 0) is 6.42 Å². The van der Waals surface area contributed by atoms with Crippen molar-refractivity contribution in [3.05, 3.63) is 59.2 Å². The normalized spacial score (nSPS) is 16.1. The number of anilines is 1. The SMILES string of the molecule is COc1cc2c(cc1OC)/C(=C(\C#N)C(=S)Nc1ccccc1)NC(C)(C)C2. The topological polar surface area (TPSA) is 66.3 Å². The standard InChI is InChI=1S/C22H23N3O2S/c1-22(2)12-14-10-18(26-3)19(27-4)11-16(14)20(25-22)17(13-23)21(28)24-15-8-6-5-7-9-15/h5-11,25H,12H2,1-4H3,(H,24,28)/b20-17-. The lowest BCUT2D eigenvalue weighted by atomic mass is 9.84. The van der Waals surface area contributed by atoms with E-state index in [1.165, 1.54) is 0 Å². The molecule has 2 aromatic carbocycles. The molecule has 0 radical (unpaired) electrons. The molecule has 0 saturated heterocycles. The maximum absolute atomic E-state index is 9.92. The number of thiocarbonyl (C=S) groups is 1. The molecule has 5 nitrogen and oxygen atoms in total. The van der Waals surface area contributed by atoms with Gasteiger partial charge in [0.2, 0.25) is 0 Å². The van der Waals surface area contributed by atoms with Crippen LogP contribution in [0.25, 0.3) is 5.70 Å². The van der Waals surface area contributed by atoms with E-state index in [4.69, 9.17) is 21.7 Å². The van der Waals surface area contributed by atoms with E-state index < -0.39 is 0 Å². The van der Waals surface area contributed by atoms with Crippen molar-refractivity contribution in [3.63, 3.8) is 0 Å². The lowest BCUT2D eigenvalue weighted by Crippen LogP contribution is -2.44. The highest BCUT2D eigenvalue weighted by Gasteiger charge is 2.31. The fraction of sp³-hybridized carbons (Fsp3) is 0.273. The molecular formula is C22H23N3O2S. The van der Waals surface area contributed by atoms with Gasteiger partial charge in [0.1, 0.15) is 16.6 Å². The summed E-state index contributed by atoms with van der Waals surface area (Å²) >= 11 is 5.56. The lowest BCUT2D eigenvalue weighted by molar-refractivity contribution is 0.352. The van der Waals surface area contributed by atoms with Crippen molar-refractivity contribution in [1.82, 2.24) is 5.32 Å². The summed E-state index contributed by atoms with van der Waals surface area (Å²) in [6, 6.07) is 15.7. The molecule has 1 heterocycles. The number of nitriles is 1. The number of nitrogens with zero attached hydrogens (tertiary/aromatic N) is 1. The van der Waals surface area contributed by atoms with Gasteiger partial charge in [0, 0.05) is 16.8 Å². The van der Waals surface area contributed by atoms with Crippen molar-refractivity contribution < 1.29 is 9.47 Å². The van der Waals surface area contributed by atoms with E-state index in [2.05, 4.69) is 30.6 Å². The van der Waals surface area contributed by atoms with Crippen LogP contribution in [0.1, 0.15) is 25.0 Å². The summed E-state index contributed by atoms with van der Waals surface area (Å²) in [7, 11) is 3.22. The molecule has 0 saturated carbocycles. The Hall–Kier alpha value is -3.04. The van der Waals surface area contributed by atoms with Gasteiger partial charge < -0.3 is 20.1 Å². The van der Waals surface area contributed by atoms with Crippen LogP contribution in [0.5, 0.6) is 11.5 Å². The average Bonchev–Trinajstić information content (AvgIpc) is 2.67. The number of fused-ring (bicyclic) bond motifs is 1. The maximum Gasteiger partial charge on any atom is 0.161 e. The van der Waals surface area contributed by atoms with Crippen LogP contribution < -0.4 is 20.1 Å². The molecule has 0 spiro atoms. The molecular weight excluding hydrogens is 370 g/mol. The van der Waals surface area contributed by atoms with Gasteiger partial charge in [0.25, 0.3) is 0 Å². The first-order valence-corrected chi connectivity index (χ1v) is 9.33. The smallest absolute Gasteiger partial charge is 0.161 e. The molecule has 1 aliphatic heterocycles. The highest BCUT2D eigenvalue weighted by atomic mass is 32.1. The van der Waals surface area contributed by atoms with Gasteiger partial charge in [-0.1, -0.05) is 30.4 Å². The third kappa shape index (κ3) is 3.95. The summed E-state index contributed by atoms with van der Waals surface area (Å²) < 4.78 is 10.9. The molecule has 0 fully saturated rings. The molecule has 0 amide bonds. The molecule has 0 unspecified atom stereocenters. The summed E-state index contributed by atoms with van der Waals surface area (Å²) in [4.78, 5) is 0.370. The van der Waals surface area contributed by atoms with Crippen LogP contribution in [0.4, 0.5) is 5.69 Å². The van der Waals surface area contributed by atoms with Crippen LogP contribution in [0, 0.1) is 11.3 Å². The van der Waals surface area contributed by atoms with E-state index in [1.807, 2.05) is 42.5 Å². The van der Waals surface area contributed by atoms with E-state index in [1.54, 1.807) is 14.2 Å². The van der Waals surface area contributed by atoms with Crippen molar-refractivity contribution in [2.45, 2.75) is 25.8 Å². The zero-order valence-corrected chi connectivity index (χ0v) is 17.2. The minimum atomic E-state index is -0.244. The first kappa shape index (κ1) is 19.7. The molecule has 0 aromatic heterocycles. The first-order chi connectivity index (χ1) is 13.4. The van der Waals surface area contributed by atoms with Gasteiger partial charge in [-0.25, -0.2) is 0 Å². The Balaban J connectivity index is 2.13. The maximum atomic E-state index is 9.92. The number of methoxy groups -OCH3 is 2. The summed E-state index contributed by atoms with van der Waals surface area (Å²) in [5.41, 5.74) is 3.65. The number of nitrogens with one attached hydrogen (secondary N) is 2. The number of benzene rings is 2. The zero-order valence-electron chi connectivity index (χ0n) is 16.4. The predicted molar refractivity (Wildman–Crippen MR) is 116 cm³/mol.